The van der Waals surface area contributed by atoms with E-state index in [4.69, 9.17) is 0 Å². The zero-order valence-corrected chi connectivity index (χ0v) is 12.6. The first-order chi connectivity index (χ1) is 10.7. The van der Waals surface area contributed by atoms with Gasteiger partial charge in [0.05, 0.1) is 0 Å². The summed E-state index contributed by atoms with van der Waals surface area (Å²) in [6, 6.07) is 7.88. The van der Waals surface area contributed by atoms with Gasteiger partial charge in [-0.15, -0.1) is 0 Å². The Labute approximate surface area is 129 Å². The molecule has 0 bridgehead atoms. The summed E-state index contributed by atoms with van der Waals surface area (Å²) in [5.74, 6) is 7.19. The number of imidazole rings is 1. The predicted octanol–water partition coefficient (Wildman–Crippen LogP) is 2.74. The van der Waals surface area contributed by atoms with Crippen LogP contribution in [0.25, 0.3) is 0 Å². The average Bonchev–Trinajstić information content (AvgIpc) is 2.87. The maximum absolute atomic E-state index is 4.50. The van der Waals surface area contributed by atoms with E-state index in [9.17, 15) is 0 Å². The summed E-state index contributed by atoms with van der Waals surface area (Å²) < 4.78 is 2.09. The first kappa shape index (κ1) is 14.0. The highest BCUT2D eigenvalue weighted by molar-refractivity contribution is 5.39. The Bertz CT molecular complexity index is 838. The fourth-order valence-corrected chi connectivity index (χ4v) is 2.17. The van der Waals surface area contributed by atoms with Crippen LogP contribution in [0.5, 0.6) is 0 Å². The van der Waals surface area contributed by atoms with E-state index < -0.39 is 0 Å². The fourth-order valence-electron chi connectivity index (χ4n) is 2.17. The molecule has 0 aliphatic carbocycles. The van der Waals surface area contributed by atoms with Crippen LogP contribution in [-0.2, 0) is 6.54 Å². The third kappa shape index (κ3) is 3.39. The Balaban J connectivity index is 1.81. The number of nitrogens with zero attached hydrogens (tertiary/aromatic N) is 4. The summed E-state index contributed by atoms with van der Waals surface area (Å²) in [5, 5.41) is 0. The van der Waals surface area contributed by atoms with Crippen LogP contribution < -0.4 is 0 Å². The number of hydrogen-bond acceptors (Lipinski definition) is 3. The zero-order chi connectivity index (χ0) is 15.4. The highest BCUT2D eigenvalue weighted by atomic mass is 15.1. The fraction of sp³-hybridized carbons (Fsp3) is 0.167. The maximum atomic E-state index is 4.50. The van der Waals surface area contributed by atoms with Crippen molar-refractivity contribution in [2.75, 3.05) is 0 Å². The molecule has 0 saturated carbocycles. The minimum Gasteiger partial charge on any atom is -0.329 e. The highest BCUT2D eigenvalue weighted by Crippen LogP contribution is 2.07. The first-order valence-electron chi connectivity index (χ1n) is 7.08. The smallest absolute Gasteiger partial charge is 0.131 e. The SMILES string of the molecule is Cc1cc(C#Cc2cn(Cc3ccncc3)c(C)n2)ccn1. The molecule has 0 unspecified atom stereocenters. The lowest BCUT2D eigenvalue weighted by Crippen LogP contribution is -2.00. The molecule has 22 heavy (non-hydrogen) atoms. The number of rotatable bonds is 2. The van der Waals surface area contributed by atoms with E-state index in [1.165, 1.54) is 5.56 Å². The van der Waals surface area contributed by atoms with Gasteiger partial charge < -0.3 is 4.57 Å². The van der Waals surface area contributed by atoms with Crippen LogP contribution in [-0.4, -0.2) is 19.5 Å². The summed E-state index contributed by atoms with van der Waals surface area (Å²) >= 11 is 0. The van der Waals surface area contributed by atoms with Crippen LogP contribution >= 0.6 is 0 Å². The second-order valence-electron chi connectivity index (χ2n) is 5.09. The summed E-state index contributed by atoms with van der Waals surface area (Å²) in [7, 11) is 0. The van der Waals surface area contributed by atoms with Gasteiger partial charge in [0, 0.05) is 42.6 Å². The van der Waals surface area contributed by atoms with Crippen molar-refractivity contribution < 1.29 is 0 Å². The Hall–Kier alpha value is -2.93. The van der Waals surface area contributed by atoms with Gasteiger partial charge in [0.15, 0.2) is 0 Å². The summed E-state index contributed by atoms with van der Waals surface area (Å²) in [4.78, 5) is 12.7. The molecule has 0 aromatic carbocycles. The summed E-state index contributed by atoms with van der Waals surface area (Å²) in [6.07, 6.45) is 7.35. The van der Waals surface area contributed by atoms with Crippen LogP contribution in [0.2, 0.25) is 0 Å². The predicted molar refractivity (Wildman–Crippen MR) is 85.3 cm³/mol. The number of hydrogen-bond donors (Lipinski definition) is 0. The molecule has 0 saturated heterocycles. The number of aryl methyl sites for hydroxylation is 2. The lowest BCUT2D eigenvalue weighted by Gasteiger charge is -2.03. The molecule has 0 fully saturated rings. The third-order valence-corrected chi connectivity index (χ3v) is 3.31. The second kappa shape index (κ2) is 6.23. The molecule has 0 amide bonds. The van der Waals surface area contributed by atoms with Crippen molar-refractivity contribution in [3.63, 3.8) is 0 Å². The van der Waals surface area contributed by atoms with Gasteiger partial charge >= 0.3 is 0 Å². The Morgan fingerprint density at radius 2 is 1.86 bits per heavy atom. The molecule has 3 aromatic rings. The largest absolute Gasteiger partial charge is 0.329 e. The van der Waals surface area contributed by atoms with E-state index in [0.29, 0.717) is 0 Å². The molecule has 3 heterocycles. The lowest BCUT2D eigenvalue weighted by atomic mass is 10.2. The van der Waals surface area contributed by atoms with Gasteiger partial charge in [-0.3, -0.25) is 9.97 Å². The quantitative estimate of drug-likeness (QED) is 0.681. The van der Waals surface area contributed by atoms with Crippen LogP contribution in [0, 0.1) is 25.7 Å². The van der Waals surface area contributed by atoms with Gasteiger partial charge in [-0.25, -0.2) is 4.98 Å². The minimum atomic E-state index is 0.775. The van der Waals surface area contributed by atoms with Gasteiger partial charge in [0.2, 0.25) is 0 Å². The Morgan fingerprint density at radius 1 is 1.05 bits per heavy atom. The second-order valence-corrected chi connectivity index (χ2v) is 5.09. The monoisotopic (exact) mass is 288 g/mol. The van der Waals surface area contributed by atoms with Gasteiger partial charge in [0.1, 0.15) is 11.5 Å². The van der Waals surface area contributed by atoms with Crippen molar-refractivity contribution in [2.45, 2.75) is 20.4 Å². The van der Waals surface area contributed by atoms with Gasteiger partial charge in [-0.05, 0) is 49.6 Å². The lowest BCUT2D eigenvalue weighted by molar-refractivity contribution is 0.760. The molecule has 3 aromatic heterocycles. The van der Waals surface area contributed by atoms with Crippen molar-refractivity contribution in [3.8, 4) is 11.8 Å². The zero-order valence-electron chi connectivity index (χ0n) is 12.6. The molecule has 0 atom stereocenters. The molecule has 4 nitrogen and oxygen atoms in total. The standard InChI is InChI=1S/C18H16N4/c1-14-11-16(7-10-20-14)3-4-18-13-22(15(2)21-18)12-17-5-8-19-9-6-17/h5-11,13H,12H2,1-2H3. The van der Waals surface area contributed by atoms with Gasteiger partial charge in [-0.1, -0.05) is 5.92 Å². The Morgan fingerprint density at radius 3 is 2.64 bits per heavy atom. The van der Waals surface area contributed by atoms with E-state index in [1.54, 1.807) is 18.6 Å². The van der Waals surface area contributed by atoms with Crippen molar-refractivity contribution in [2.24, 2.45) is 0 Å². The molecule has 3 rings (SSSR count). The van der Waals surface area contributed by atoms with Crippen LogP contribution in [0.4, 0.5) is 0 Å². The van der Waals surface area contributed by atoms with E-state index in [2.05, 4.69) is 31.4 Å². The maximum Gasteiger partial charge on any atom is 0.131 e. The van der Waals surface area contributed by atoms with Crippen LogP contribution in [0.15, 0.2) is 49.1 Å². The first-order valence-corrected chi connectivity index (χ1v) is 7.08. The molecule has 0 spiro atoms. The average molecular weight is 288 g/mol. The van der Waals surface area contributed by atoms with E-state index >= 15 is 0 Å². The molecular weight excluding hydrogens is 272 g/mol. The normalized spacial score (nSPS) is 10.1. The van der Waals surface area contributed by atoms with Crippen molar-refractivity contribution in [1.29, 1.82) is 0 Å². The number of pyridine rings is 2. The number of aromatic nitrogens is 4. The molecular formula is C18H16N4. The topological polar surface area (TPSA) is 43.6 Å². The summed E-state index contributed by atoms with van der Waals surface area (Å²) in [6.45, 7) is 4.72. The minimum absolute atomic E-state index is 0.775. The highest BCUT2D eigenvalue weighted by Gasteiger charge is 2.02. The van der Waals surface area contributed by atoms with Crippen molar-refractivity contribution in [1.82, 2.24) is 19.5 Å². The van der Waals surface area contributed by atoms with Crippen molar-refractivity contribution in [3.05, 3.63) is 77.4 Å². The van der Waals surface area contributed by atoms with Gasteiger partial charge in [-0.2, -0.15) is 0 Å². The molecule has 108 valence electrons. The van der Waals surface area contributed by atoms with Crippen LogP contribution in [0.3, 0.4) is 0 Å². The molecule has 4 heteroatoms. The van der Waals surface area contributed by atoms with Gasteiger partial charge in [0.25, 0.3) is 0 Å². The molecule has 0 N–H and O–H groups in total. The van der Waals surface area contributed by atoms with E-state index in [1.807, 2.05) is 44.3 Å². The van der Waals surface area contributed by atoms with Crippen molar-refractivity contribution >= 4 is 0 Å². The third-order valence-electron chi connectivity index (χ3n) is 3.31. The van der Waals surface area contributed by atoms with E-state index in [0.717, 1.165) is 29.3 Å². The Kier molecular flexibility index (Phi) is 3.97. The van der Waals surface area contributed by atoms with E-state index in [-0.39, 0.29) is 0 Å². The molecule has 0 aliphatic heterocycles. The molecule has 0 aliphatic rings. The van der Waals surface area contributed by atoms with Crippen LogP contribution in [0.1, 0.15) is 28.3 Å². The summed E-state index contributed by atoms with van der Waals surface area (Å²) in [5.41, 5.74) is 3.89. The molecule has 0 radical (unpaired) electrons.